The number of aromatic amines is 1. The van der Waals surface area contributed by atoms with Gasteiger partial charge in [0, 0.05) is 39.1 Å². The van der Waals surface area contributed by atoms with E-state index >= 15 is 4.39 Å². The highest BCUT2D eigenvalue weighted by atomic mass is 19.1. The van der Waals surface area contributed by atoms with Gasteiger partial charge < -0.3 is 10.3 Å². The Morgan fingerprint density at radius 3 is 2.47 bits per heavy atom. The molecule has 1 aliphatic heterocycles. The Balaban J connectivity index is 0.00000115. The minimum absolute atomic E-state index is 0.149. The number of aryl methyl sites for hydroxylation is 2. The number of aromatic nitrogens is 2. The van der Waals surface area contributed by atoms with Crippen LogP contribution in [0.4, 0.5) is 4.39 Å². The Bertz CT molecular complexity index is 1200. The van der Waals surface area contributed by atoms with Crippen LogP contribution in [0.15, 0.2) is 42.0 Å². The predicted octanol–water partition coefficient (Wildman–Crippen LogP) is 8.70. The van der Waals surface area contributed by atoms with Crippen molar-refractivity contribution >= 4 is 17.0 Å². The zero-order valence-electron chi connectivity index (χ0n) is 23.1. The van der Waals surface area contributed by atoms with Crippen LogP contribution < -0.4 is 5.32 Å². The number of hydrogen-bond donors (Lipinski definition) is 2. The zero-order valence-corrected chi connectivity index (χ0v) is 23.1. The summed E-state index contributed by atoms with van der Waals surface area (Å²) in [7, 11) is 0. The molecule has 1 aliphatic rings. The number of unbranched alkanes of at least 4 members (excludes halogenated alkanes) is 1. The minimum Gasteiger partial charge on any atom is -0.354 e. The van der Waals surface area contributed by atoms with Gasteiger partial charge in [-0.25, -0.2) is 4.39 Å². The summed E-state index contributed by atoms with van der Waals surface area (Å²) in [4.78, 5) is 8.07. The van der Waals surface area contributed by atoms with E-state index < -0.39 is 0 Å². The highest BCUT2D eigenvalue weighted by molar-refractivity contribution is 5.88. The molecule has 3 nitrogen and oxygen atoms in total. The van der Waals surface area contributed by atoms with Gasteiger partial charge in [-0.05, 0) is 95.3 Å². The first-order chi connectivity index (χ1) is 17.4. The third kappa shape index (κ3) is 7.16. The summed E-state index contributed by atoms with van der Waals surface area (Å²) in [6.07, 6.45) is 12.9. The lowest BCUT2D eigenvalue weighted by molar-refractivity contribution is 0.421. The average molecular weight is 490 g/mol. The third-order valence-electron chi connectivity index (χ3n) is 6.78. The second kappa shape index (κ2) is 13.5. The first-order valence-corrected chi connectivity index (χ1v) is 13.7. The standard InChI is InChI=1S/C29H36FN3.C3H8/c1-5-6-7-8-9-23-16-24(28-18-25-21(4)32-20(3)15-29(25)33-28)17-27(30)26(23)14-19(2)22-10-12-31-13-11-22;1-3-2/h7-8,14-18,22,31,33H,5-6,9-13H2,1-4H3;3H2,1-2H3/b8-7?,19-14+;. The maximum absolute atomic E-state index is 15.6. The first-order valence-electron chi connectivity index (χ1n) is 13.7. The molecule has 1 aromatic carbocycles. The molecule has 0 amide bonds. The van der Waals surface area contributed by atoms with Crippen molar-refractivity contribution in [3.8, 4) is 11.3 Å². The second-order valence-electron chi connectivity index (χ2n) is 10.1. The Kier molecular flexibility index (Phi) is 10.5. The van der Waals surface area contributed by atoms with Crippen LogP contribution in [0.1, 0.15) is 82.3 Å². The molecule has 0 spiro atoms. The fourth-order valence-electron chi connectivity index (χ4n) is 4.88. The van der Waals surface area contributed by atoms with Crippen molar-refractivity contribution in [3.05, 3.63) is 70.3 Å². The van der Waals surface area contributed by atoms with E-state index in [9.17, 15) is 0 Å². The minimum atomic E-state index is -0.149. The normalized spacial score (nSPS) is 14.9. The van der Waals surface area contributed by atoms with Crippen LogP contribution in [-0.4, -0.2) is 23.1 Å². The average Bonchev–Trinajstić information content (AvgIpc) is 3.29. The Morgan fingerprint density at radius 1 is 1.06 bits per heavy atom. The number of allylic oxidation sites excluding steroid dienone is 3. The monoisotopic (exact) mass is 489 g/mol. The number of rotatable bonds is 7. The summed E-state index contributed by atoms with van der Waals surface area (Å²) in [6.45, 7) is 14.7. The molecule has 2 N–H and O–H groups in total. The lowest BCUT2D eigenvalue weighted by Crippen LogP contribution is -2.28. The summed E-state index contributed by atoms with van der Waals surface area (Å²) < 4.78 is 15.6. The van der Waals surface area contributed by atoms with Crippen LogP contribution in [0.2, 0.25) is 0 Å². The van der Waals surface area contributed by atoms with Crippen molar-refractivity contribution in [2.45, 2.75) is 80.1 Å². The summed E-state index contributed by atoms with van der Waals surface area (Å²) in [5.41, 5.74) is 7.90. The maximum Gasteiger partial charge on any atom is 0.131 e. The topological polar surface area (TPSA) is 40.7 Å². The van der Waals surface area contributed by atoms with Crippen molar-refractivity contribution in [2.24, 2.45) is 5.92 Å². The lowest BCUT2D eigenvalue weighted by atomic mass is 9.88. The smallest absolute Gasteiger partial charge is 0.131 e. The molecule has 4 rings (SSSR count). The number of nitrogens with one attached hydrogen (secondary N) is 2. The summed E-state index contributed by atoms with van der Waals surface area (Å²) in [5.74, 6) is 0.380. The van der Waals surface area contributed by atoms with Gasteiger partial charge in [0.25, 0.3) is 0 Å². The maximum atomic E-state index is 15.6. The first kappa shape index (κ1) is 27.9. The van der Waals surface area contributed by atoms with Gasteiger partial charge in [0.05, 0.1) is 0 Å². The summed E-state index contributed by atoms with van der Waals surface area (Å²) >= 11 is 0. The molecule has 1 saturated heterocycles. The van der Waals surface area contributed by atoms with E-state index in [0.717, 1.165) is 89.9 Å². The van der Waals surface area contributed by atoms with Crippen LogP contribution in [0, 0.1) is 25.6 Å². The predicted molar refractivity (Wildman–Crippen MR) is 154 cm³/mol. The van der Waals surface area contributed by atoms with E-state index in [4.69, 9.17) is 0 Å². The van der Waals surface area contributed by atoms with Gasteiger partial charge >= 0.3 is 0 Å². The van der Waals surface area contributed by atoms with E-state index in [0.29, 0.717) is 5.92 Å². The van der Waals surface area contributed by atoms with Gasteiger partial charge in [-0.3, -0.25) is 4.98 Å². The van der Waals surface area contributed by atoms with Crippen molar-refractivity contribution < 1.29 is 4.39 Å². The van der Waals surface area contributed by atoms with Gasteiger partial charge in [-0.15, -0.1) is 0 Å². The largest absolute Gasteiger partial charge is 0.354 e. The molecule has 3 aromatic rings. The van der Waals surface area contributed by atoms with Gasteiger partial charge in [0.2, 0.25) is 0 Å². The lowest BCUT2D eigenvalue weighted by Gasteiger charge is -2.23. The van der Waals surface area contributed by atoms with Gasteiger partial charge in [0.1, 0.15) is 5.82 Å². The van der Waals surface area contributed by atoms with Gasteiger partial charge in [-0.1, -0.05) is 57.4 Å². The molecule has 194 valence electrons. The number of halogens is 1. The number of pyridine rings is 1. The second-order valence-corrected chi connectivity index (χ2v) is 10.1. The highest BCUT2D eigenvalue weighted by Crippen LogP contribution is 2.32. The quantitative estimate of drug-likeness (QED) is 0.326. The molecule has 0 radical (unpaired) electrons. The number of nitrogens with zero attached hydrogens (tertiary/aromatic N) is 1. The van der Waals surface area contributed by atoms with E-state index in [1.165, 1.54) is 12.0 Å². The Morgan fingerprint density at radius 2 is 1.78 bits per heavy atom. The van der Waals surface area contributed by atoms with Crippen molar-refractivity contribution in [1.29, 1.82) is 0 Å². The van der Waals surface area contributed by atoms with E-state index in [2.05, 4.69) is 79.4 Å². The molecule has 4 heteroatoms. The fraction of sp³-hybridized carbons (Fsp3) is 0.469. The molecule has 0 saturated carbocycles. The highest BCUT2D eigenvalue weighted by Gasteiger charge is 2.17. The number of piperidine rings is 1. The van der Waals surface area contributed by atoms with Crippen molar-refractivity contribution in [1.82, 2.24) is 15.3 Å². The molecule has 36 heavy (non-hydrogen) atoms. The molecular weight excluding hydrogens is 445 g/mol. The number of hydrogen-bond acceptors (Lipinski definition) is 2. The van der Waals surface area contributed by atoms with Crippen LogP contribution in [0.5, 0.6) is 0 Å². The molecule has 0 bridgehead atoms. The molecular formula is C32H44FN3. The molecule has 0 atom stereocenters. The SMILES string of the molecule is CCC.CCCC=CCc1cc(-c2cc3c(C)nc(C)cc3[nH]2)cc(F)c1/C=C(\C)C1CCNCC1. The van der Waals surface area contributed by atoms with Crippen molar-refractivity contribution in [2.75, 3.05) is 13.1 Å². The van der Waals surface area contributed by atoms with E-state index in [1.807, 2.05) is 13.8 Å². The summed E-state index contributed by atoms with van der Waals surface area (Å²) in [6, 6.07) is 7.98. The molecule has 1 fully saturated rings. The fourth-order valence-corrected chi connectivity index (χ4v) is 4.88. The van der Waals surface area contributed by atoms with E-state index in [1.54, 1.807) is 6.07 Å². The molecule has 0 aliphatic carbocycles. The van der Waals surface area contributed by atoms with Crippen LogP contribution in [-0.2, 0) is 6.42 Å². The van der Waals surface area contributed by atoms with Crippen molar-refractivity contribution in [3.63, 3.8) is 0 Å². The number of benzene rings is 1. The molecule has 3 heterocycles. The number of H-pyrrole nitrogens is 1. The van der Waals surface area contributed by atoms with E-state index in [-0.39, 0.29) is 5.82 Å². The van der Waals surface area contributed by atoms with Crippen LogP contribution in [0.25, 0.3) is 28.2 Å². The zero-order chi connectivity index (χ0) is 26.1. The summed E-state index contributed by atoms with van der Waals surface area (Å²) in [5, 5.41) is 4.51. The Labute approximate surface area is 217 Å². The molecule has 2 aromatic heterocycles. The molecule has 0 unspecified atom stereocenters. The van der Waals surface area contributed by atoms with Crippen LogP contribution in [0.3, 0.4) is 0 Å². The van der Waals surface area contributed by atoms with Crippen LogP contribution >= 0.6 is 0 Å². The Hall–Kier alpha value is -2.72. The van der Waals surface area contributed by atoms with Gasteiger partial charge in [-0.2, -0.15) is 0 Å². The van der Waals surface area contributed by atoms with Gasteiger partial charge in [0.15, 0.2) is 0 Å². The number of fused-ring (bicyclic) bond motifs is 1. The third-order valence-corrected chi connectivity index (χ3v) is 6.78.